The van der Waals surface area contributed by atoms with Crippen LogP contribution in [-0.4, -0.2) is 33.7 Å². The summed E-state index contributed by atoms with van der Waals surface area (Å²) in [5.41, 5.74) is 1.11. The van der Waals surface area contributed by atoms with Gasteiger partial charge in [0, 0.05) is 19.0 Å². The lowest BCUT2D eigenvalue weighted by atomic mass is 10.2. The van der Waals surface area contributed by atoms with Crippen molar-refractivity contribution in [2.24, 2.45) is 0 Å². The summed E-state index contributed by atoms with van der Waals surface area (Å²) in [5, 5.41) is 0. The highest BCUT2D eigenvalue weighted by Gasteiger charge is 2.24. The molecule has 0 spiro atoms. The topological polar surface area (TPSA) is 75.7 Å². The molecule has 2 rings (SSSR count). The lowest BCUT2D eigenvalue weighted by Crippen LogP contribution is -2.24. The molecular weight excluding hydrogens is 280 g/mol. The Bertz CT molecular complexity index is 613. The van der Waals surface area contributed by atoms with Gasteiger partial charge in [-0.1, -0.05) is 0 Å². The lowest BCUT2D eigenvalue weighted by molar-refractivity contribution is -0.117. The van der Waals surface area contributed by atoms with Crippen LogP contribution in [0, 0.1) is 0 Å². The third kappa shape index (κ3) is 3.04. The first-order valence-corrected chi connectivity index (χ1v) is 8.11. The second-order valence-corrected chi connectivity index (χ2v) is 6.55. The monoisotopic (exact) mass is 298 g/mol. The van der Waals surface area contributed by atoms with Crippen molar-refractivity contribution < 1.29 is 17.9 Å². The fourth-order valence-electron chi connectivity index (χ4n) is 2.12. The summed E-state index contributed by atoms with van der Waals surface area (Å²) in [4.78, 5) is 13.4. The zero-order chi connectivity index (χ0) is 14.8. The predicted molar refractivity (Wildman–Crippen MR) is 77.7 cm³/mol. The van der Waals surface area contributed by atoms with E-state index in [1.807, 2.05) is 0 Å². The number of carbonyl (C=O) groups excluding carboxylic acids is 1. The zero-order valence-corrected chi connectivity index (χ0v) is 12.4. The number of hydrogen-bond donors (Lipinski definition) is 1. The van der Waals surface area contributed by atoms with Gasteiger partial charge in [-0.2, -0.15) is 0 Å². The molecule has 1 heterocycles. The smallest absolute Gasteiger partial charge is 0.232 e. The number of rotatable bonds is 5. The Kier molecular flexibility index (Phi) is 4.17. The molecule has 0 saturated carbocycles. The Morgan fingerprint density at radius 2 is 2.15 bits per heavy atom. The summed E-state index contributed by atoms with van der Waals surface area (Å²) in [6.45, 7) is 2.23. The van der Waals surface area contributed by atoms with E-state index in [0.29, 0.717) is 30.1 Å². The van der Waals surface area contributed by atoms with Crippen LogP contribution in [-0.2, 0) is 14.8 Å². The normalized spacial score (nSPS) is 15.5. The van der Waals surface area contributed by atoms with Gasteiger partial charge in [-0.25, -0.2) is 8.42 Å². The number of benzene rings is 1. The van der Waals surface area contributed by atoms with Crippen LogP contribution in [0.1, 0.15) is 19.8 Å². The van der Waals surface area contributed by atoms with Crippen molar-refractivity contribution >= 4 is 27.3 Å². The second-order valence-electron chi connectivity index (χ2n) is 4.54. The van der Waals surface area contributed by atoms with Crippen LogP contribution < -0.4 is 14.4 Å². The molecule has 0 radical (unpaired) electrons. The van der Waals surface area contributed by atoms with E-state index in [0.717, 1.165) is 6.42 Å². The summed E-state index contributed by atoms with van der Waals surface area (Å²) in [6, 6.07) is 4.93. The summed E-state index contributed by atoms with van der Waals surface area (Å²) in [5.74, 6) is 0.545. The maximum absolute atomic E-state index is 11.8. The first-order valence-electron chi connectivity index (χ1n) is 6.45. The highest BCUT2D eigenvalue weighted by molar-refractivity contribution is 7.92. The minimum absolute atomic E-state index is 0.00166. The van der Waals surface area contributed by atoms with Crippen LogP contribution in [0.2, 0.25) is 0 Å². The van der Waals surface area contributed by atoms with E-state index >= 15 is 0 Å². The highest BCUT2D eigenvalue weighted by Crippen LogP contribution is 2.34. The van der Waals surface area contributed by atoms with Crippen LogP contribution in [0.25, 0.3) is 0 Å². The number of anilines is 2. The van der Waals surface area contributed by atoms with Gasteiger partial charge in [-0.15, -0.1) is 0 Å². The summed E-state index contributed by atoms with van der Waals surface area (Å²) >= 11 is 0. The molecule has 7 heteroatoms. The molecule has 1 saturated heterocycles. The Labute approximate surface area is 118 Å². The number of amides is 1. The summed E-state index contributed by atoms with van der Waals surface area (Å²) in [7, 11) is -1.83. The lowest BCUT2D eigenvalue weighted by Gasteiger charge is -2.19. The number of nitrogens with one attached hydrogen (secondary N) is 1. The van der Waals surface area contributed by atoms with Crippen molar-refractivity contribution in [3.8, 4) is 5.75 Å². The molecule has 1 fully saturated rings. The number of ether oxygens (including phenoxy) is 1. The third-order valence-electron chi connectivity index (χ3n) is 3.20. The van der Waals surface area contributed by atoms with E-state index in [1.165, 1.54) is 7.11 Å². The maximum Gasteiger partial charge on any atom is 0.232 e. The van der Waals surface area contributed by atoms with Crippen molar-refractivity contribution in [3.63, 3.8) is 0 Å². The molecule has 20 heavy (non-hydrogen) atoms. The van der Waals surface area contributed by atoms with E-state index in [1.54, 1.807) is 30.0 Å². The first-order chi connectivity index (χ1) is 9.46. The summed E-state index contributed by atoms with van der Waals surface area (Å²) in [6.07, 6.45) is 1.36. The molecule has 1 aromatic rings. The molecular formula is C13H18N2O4S. The van der Waals surface area contributed by atoms with Gasteiger partial charge < -0.3 is 9.64 Å². The van der Waals surface area contributed by atoms with Gasteiger partial charge in [0.15, 0.2) is 0 Å². The predicted octanol–water partition coefficient (Wildman–Crippen LogP) is 1.58. The first kappa shape index (κ1) is 14.6. The third-order valence-corrected chi connectivity index (χ3v) is 4.50. The SMILES string of the molecule is CCS(=O)(=O)Nc1ccc(N2CCCC2=O)c(OC)c1. The largest absolute Gasteiger partial charge is 0.494 e. The van der Waals surface area contributed by atoms with Crippen LogP contribution in [0.3, 0.4) is 0 Å². The van der Waals surface area contributed by atoms with Crippen molar-refractivity contribution in [2.75, 3.05) is 29.0 Å². The average Bonchev–Trinajstić information content (AvgIpc) is 2.84. The van der Waals surface area contributed by atoms with Gasteiger partial charge >= 0.3 is 0 Å². The number of nitrogens with zero attached hydrogens (tertiary/aromatic N) is 1. The van der Waals surface area contributed by atoms with Gasteiger partial charge in [-0.05, 0) is 25.5 Å². The number of carbonyl (C=O) groups is 1. The molecule has 0 bridgehead atoms. The van der Waals surface area contributed by atoms with E-state index < -0.39 is 10.0 Å². The Balaban J connectivity index is 2.31. The number of methoxy groups -OCH3 is 1. The van der Waals surface area contributed by atoms with E-state index in [2.05, 4.69) is 4.72 Å². The van der Waals surface area contributed by atoms with Crippen LogP contribution in [0.15, 0.2) is 18.2 Å². The van der Waals surface area contributed by atoms with Crippen molar-refractivity contribution in [3.05, 3.63) is 18.2 Å². The van der Waals surface area contributed by atoms with Crippen molar-refractivity contribution in [2.45, 2.75) is 19.8 Å². The molecule has 1 N–H and O–H groups in total. The molecule has 0 aliphatic carbocycles. The molecule has 0 unspecified atom stereocenters. The average molecular weight is 298 g/mol. The van der Waals surface area contributed by atoms with Crippen molar-refractivity contribution in [1.82, 2.24) is 0 Å². The van der Waals surface area contributed by atoms with E-state index in [9.17, 15) is 13.2 Å². The Hall–Kier alpha value is -1.76. The van der Waals surface area contributed by atoms with Gasteiger partial charge in [0.2, 0.25) is 15.9 Å². The fourth-order valence-corrected chi connectivity index (χ4v) is 2.75. The minimum Gasteiger partial charge on any atom is -0.494 e. The molecule has 110 valence electrons. The Morgan fingerprint density at radius 3 is 2.70 bits per heavy atom. The van der Waals surface area contributed by atoms with Crippen LogP contribution >= 0.6 is 0 Å². The van der Waals surface area contributed by atoms with E-state index in [4.69, 9.17) is 4.74 Å². The van der Waals surface area contributed by atoms with Crippen molar-refractivity contribution in [1.29, 1.82) is 0 Å². The molecule has 1 amide bonds. The number of sulfonamides is 1. The Morgan fingerprint density at radius 1 is 1.40 bits per heavy atom. The van der Waals surface area contributed by atoms with Gasteiger partial charge in [0.1, 0.15) is 5.75 Å². The zero-order valence-electron chi connectivity index (χ0n) is 11.5. The van der Waals surface area contributed by atoms with Gasteiger partial charge in [0.05, 0.1) is 24.2 Å². The van der Waals surface area contributed by atoms with Crippen LogP contribution in [0.5, 0.6) is 5.75 Å². The van der Waals surface area contributed by atoms with E-state index in [-0.39, 0.29) is 11.7 Å². The quantitative estimate of drug-likeness (QED) is 0.895. The highest BCUT2D eigenvalue weighted by atomic mass is 32.2. The van der Waals surface area contributed by atoms with Gasteiger partial charge in [-0.3, -0.25) is 9.52 Å². The molecule has 0 aromatic heterocycles. The minimum atomic E-state index is -3.33. The fraction of sp³-hybridized carbons (Fsp3) is 0.462. The van der Waals surface area contributed by atoms with Gasteiger partial charge in [0.25, 0.3) is 0 Å². The molecule has 0 atom stereocenters. The standard InChI is InChI=1S/C13H18N2O4S/c1-3-20(17,18)14-10-6-7-11(12(9-10)19-2)15-8-4-5-13(15)16/h6-7,9,14H,3-5,8H2,1-2H3. The molecule has 1 aromatic carbocycles. The molecule has 1 aliphatic heterocycles. The second kappa shape index (κ2) is 5.70. The summed E-state index contributed by atoms with van der Waals surface area (Å²) < 4.78 is 30.8. The molecule has 6 nitrogen and oxygen atoms in total. The maximum atomic E-state index is 11.8. The molecule has 1 aliphatic rings. The number of hydrogen-bond acceptors (Lipinski definition) is 4. The van der Waals surface area contributed by atoms with Crippen LogP contribution in [0.4, 0.5) is 11.4 Å².